The highest BCUT2D eigenvalue weighted by molar-refractivity contribution is 5.48. The summed E-state index contributed by atoms with van der Waals surface area (Å²) in [6.45, 7) is 4.29. The smallest absolute Gasteiger partial charge is 0.0627 e. The first-order valence-corrected chi connectivity index (χ1v) is 9.78. The Morgan fingerprint density at radius 3 is 1.30 bits per heavy atom. The summed E-state index contributed by atoms with van der Waals surface area (Å²) in [5.74, 6) is 0.310. The van der Waals surface area contributed by atoms with Gasteiger partial charge in [-0.3, -0.25) is 0 Å². The molecule has 1 saturated heterocycles. The van der Waals surface area contributed by atoms with E-state index in [0.717, 1.165) is 0 Å². The fourth-order valence-electron chi connectivity index (χ4n) is 4.13. The van der Waals surface area contributed by atoms with Crippen molar-refractivity contribution in [2.45, 2.75) is 32.0 Å². The number of aliphatic hydroxyl groups excluding tert-OH is 1. The molecule has 1 aliphatic rings. The lowest BCUT2D eigenvalue weighted by Gasteiger charge is -2.44. The molecule has 2 aromatic carbocycles. The van der Waals surface area contributed by atoms with Gasteiger partial charge in [-0.1, -0.05) is 38.1 Å². The highest BCUT2D eigenvalue weighted by Gasteiger charge is 2.40. The predicted molar refractivity (Wildman–Crippen MR) is 114 cm³/mol. The van der Waals surface area contributed by atoms with Gasteiger partial charge >= 0.3 is 0 Å². The lowest BCUT2D eigenvalue weighted by Crippen LogP contribution is -2.48. The summed E-state index contributed by atoms with van der Waals surface area (Å²) in [6.07, 6.45) is -0.344. The number of aliphatic hydroxyl groups is 1. The Hall–Kier alpha value is -2.04. The summed E-state index contributed by atoms with van der Waals surface area (Å²) >= 11 is 0. The molecule has 4 unspecified atom stereocenters. The van der Waals surface area contributed by atoms with Crippen LogP contribution >= 0.6 is 0 Å². The maximum atomic E-state index is 10.9. The molecule has 4 nitrogen and oxygen atoms in total. The van der Waals surface area contributed by atoms with Gasteiger partial charge in [0.2, 0.25) is 0 Å². The van der Waals surface area contributed by atoms with Gasteiger partial charge in [-0.2, -0.15) is 0 Å². The van der Waals surface area contributed by atoms with E-state index in [1.807, 2.05) is 0 Å². The minimum atomic E-state index is -0.344. The topological polar surface area (TPSA) is 38.7 Å². The number of benzene rings is 2. The molecule has 1 heterocycles. The van der Waals surface area contributed by atoms with Crippen LogP contribution in [0.15, 0.2) is 48.5 Å². The highest BCUT2D eigenvalue weighted by atomic mass is 16.3. The monoisotopic (exact) mass is 367 g/mol. The molecule has 0 radical (unpaired) electrons. The number of nitrogens with zero attached hydrogens (tertiary/aromatic N) is 2. The van der Waals surface area contributed by atoms with Gasteiger partial charge in [0, 0.05) is 63.5 Å². The van der Waals surface area contributed by atoms with Gasteiger partial charge in [-0.15, -0.1) is 0 Å². The average molecular weight is 368 g/mol. The molecule has 146 valence electrons. The quantitative estimate of drug-likeness (QED) is 0.861. The summed E-state index contributed by atoms with van der Waals surface area (Å²) in [5, 5.41) is 14.8. The molecule has 0 amide bonds. The van der Waals surface area contributed by atoms with E-state index in [-0.39, 0.29) is 30.0 Å². The van der Waals surface area contributed by atoms with Crippen LogP contribution in [0.1, 0.15) is 37.1 Å². The van der Waals surface area contributed by atoms with Crippen molar-refractivity contribution in [2.75, 3.05) is 38.0 Å². The number of rotatable bonds is 4. The largest absolute Gasteiger partial charge is 0.392 e. The Bertz CT molecular complexity index is 676. The van der Waals surface area contributed by atoms with Crippen LogP contribution in [-0.4, -0.2) is 39.4 Å². The zero-order chi connectivity index (χ0) is 19.7. The third-order valence-corrected chi connectivity index (χ3v) is 6.03. The molecule has 2 aromatic rings. The van der Waals surface area contributed by atoms with Crippen LogP contribution in [0.2, 0.25) is 0 Å². The van der Waals surface area contributed by atoms with Crippen molar-refractivity contribution in [3.63, 3.8) is 0 Å². The molecule has 0 spiro atoms. The summed E-state index contributed by atoms with van der Waals surface area (Å²) in [4.78, 5) is 4.21. The molecule has 3 rings (SSSR count). The Kier molecular flexibility index (Phi) is 5.78. The zero-order valence-electron chi connectivity index (χ0n) is 17.3. The van der Waals surface area contributed by atoms with Crippen LogP contribution in [-0.2, 0) is 0 Å². The molecule has 1 fully saturated rings. The van der Waals surface area contributed by atoms with E-state index in [1.54, 1.807) is 0 Å². The van der Waals surface area contributed by atoms with E-state index in [2.05, 4.69) is 106 Å². The SMILES string of the molecule is CC1C(c2ccc(N(C)C)cc2)NC(c2ccc(N(C)C)cc2)C(C)C1O. The average Bonchev–Trinajstić information content (AvgIpc) is 2.66. The normalized spacial score (nSPS) is 28.0. The fraction of sp³-hybridized carbons (Fsp3) is 0.478. The van der Waals surface area contributed by atoms with Gasteiger partial charge in [0.25, 0.3) is 0 Å². The lowest BCUT2D eigenvalue weighted by molar-refractivity contribution is -0.00676. The van der Waals surface area contributed by atoms with Crippen molar-refractivity contribution in [3.05, 3.63) is 59.7 Å². The predicted octanol–water partition coefficient (Wildman–Crippen LogP) is 3.84. The number of hydrogen-bond donors (Lipinski definition) is 2. The molecule has 4 heteroatoms. The number of piperidine rings is 1. The third-order valence-electron chi connectivity index (χ3n) is 6.03. The van der Waals surface area contributed by atoms with E-state index in [1.165, 1.54) is 22.5 Å². The second kappa shape index (κ2) is 7.91. The number of hydrogen-bond acceptors (Lipinski definition) is 4. The minimum absolute atomic E-state index is 0.130. The molecule has 1 aliphatic heterocycles. The second-order valence-corrected chi connectivity index (χ2v) is 8.30. The maximum Gasteiger partial charge on any atom is 0.0627 e. The summed E-state index contributed by atoms with van der Waals surface area (Å²) < 4.78 is 0. The Balaban J connectivity index is 1.87. The standard InChI is InChI=1S/C23H33N3O/c1-15-21(17-7-11-19(12-8-17)25(3)4)24-22(16(2)23(15)27)18-9-13-20(14-10-18)26(5)6/h7-16,21-24,27H,1-6H3. The summed E-state index contributed by atoms with van der Waals surface area (Å²) in [5.41, 5.74) is 4.84. The van der Waals surface area contributed by atoms with E-state index in [9.17, 15) is 5.11 Å². The van der Waals surface area contributed by atoms with Crippen molar-refractivity contribution in [1.29, 1.82) is 0 Å². The van der Waals surface area contributed by atoms with Crippen LogP contribution in [0.25, 0.3) is 0 Å². The summed E-state index contributed by atoms with van der Waals surface area (Å²) in [6, 6.07) is 17.6. The second-order valence-electron chi connectivity index (χ2n) is 8.30. The number of anilines is 2. The first-order valence-electron chi connectivity index (χ1n) is 9.78. The lowest BCUT2D eigenvalue weighted by atomic mass is 9.75. The Morgan fingerprint density at radius 1 is 0.667 bits per heavy atom. The van der Waals surface area contributed by atoms with E-state index in [4.69, 9.17) is 0 Å². The molecule has 2 N–H and O–H groups in total. The molecule has 0 saturated carbocycles. The molecule has 4 atom stereocenters. The van der Waals surface area contributed by atoms with Crippen molar-refractivity contribution in [1.82, 2.24) is 5.32 Å². The van der Waals surface area contributed by atoms with Crippen LogP contribution in [0.3, 0.4) is 0 Å². The third kappa shape index (κ3) is 3.97. The van der Waals surface area contributed by atoms with Crippen LogP contribution in [0.5, 0.6) is 0 Å². The van der Waals surface area contributed by atoms with Crippen molar-refractivity contribution in [3.8, 4) is 0 Å². The molecular formula is C23H33N3O. The molecule has 0 aliphatic carbocycles. The Labute approximate surface area is 163 Å². The van der Waals surface area contributed by atoms with Crippen LogP contribution in [0, 0.1) is 11.8 Å². The van der Waals surface area contributed by atoms with Crippen molar-refractivity contribution < 1.29 is 5.11 Å². The first-order chi connectivity index (χ1) is 12.8. The van der Waals surface area contributed by atoms with Gasteiger partial charge < -0.3 is 20.2 Å². The zero-order valence-corrected chi connectivity index (χ0v) is 17.3. The Morgan fingerprint density at radius 2 is 1.00 bits per heavy atom. The van der Waals surface area contributed by atoms with Crippen molar-refractivity contribution >= 4 is 11.4 Å². The van der Waals surface area contributed by atoms with Gasteiger partial charge in [0.1, 0.15) is 0 Å². The minimum Gasteiger partial charge on any atom is -0.392 e. The summed E-state index contributed by atoms with van der Waals surface area (Å²) in [7, 11) is 8.20. The fourth-order valence-corrected chi connectivity index (χ4v) is 4.13. The number of nitrogens with one attached hydrogen (secondary N) is 1. The van der Waals surface area contributed by atoms with E-state index >= 15 is 0 Å². The van der Waals surface area contributed by atoms with Gasteiger partial charge in [0.15, 0.2) is 0 Å². The highest BCUT2D eigenvalue weighted by Crippen LogP contribution is 2.41. The van der Waals surface area contributed by atoms with E-state index < -0.39 is 0 Å². The van der Waals surface area contributed by atoms with Crippen molar-refractivity contribution in [2.24, 2.45) is 11.8 Å². The van der Waals surface area contributed by atoms with Crippen LogP contribution < -0.4 is 15.1 Å². The molecular weight excluding hydrogens is 334 g/mol. The first kappa shape index (κ1) is 19.7. The molecule has 27 heavy (non-hydrogen) atoms. The maximum absolute atomic E-state index is 10.9. The van der Waals surface area contributed by atoms with Crippen LogP contribution in [0.4, 0.5) is 11.4 Å². The van der Waals surface area contributed by atoms with Gasteiger partial charge in [0.05, 0.1) is 6.10 Å². The van der Waals surface area contributed by atoms with Gasteiger partial charge in [-0.05, 0) is 35.4 Å². The molecule has 0 bridgehead atoms. The van der Waals surface area contributed by atoms with E-state index in [0.29, 0.717) is 0 Å². The van der Waals surface area contributed by atoms with Gasteiger partial charge in [-0.25, -0.2) is 0 Å². The molecule has 0 aromatic heterocycles.